The Balaban J connectivity index is 1.93. The first-order valence-electron chi connectivity index (χ1n) is 7.80. The van der Waals surface area contributed by atoms with Crippen molar-refractivity contribution in [2.24, 2.45) is 7.05 Å². The van der Waals surface area contributed by atoms with Crippen molar-refractivity contribution in [1.29, 1.82) is 0 Å². The summed E-state index contributed by atoms with van der Waals surface area (Å²) in [6.07, 6.45) is 1.20. The molecule has 0 saturated carbocycles. The van der Waals surface area contributed by atoms with Crippen LogP contribution in [0, 0.1) is 18.6 Å². The highest BCUT2D eigenvalue weighted by Crippen LogP contribution is 2.25. The molecule has 1 heterocycles. The Bertz CT molecular complexity index is 1120. The van der Waals surface area contributed by atoms with Gasteiger partial charge in [-0.15, -0.1) is 0 Å². The number of benzene rings is 2. The van der Waals surface area contributed by atoms with Crippen LogP contribution in [0.2, 0.25) is 0 Å². The molecule has 3 rings (SSSR count). The van der Waals surface area contributed by atoms with Gasteiger partial charge in [-0.3, -0.25) is 4.79 Å². The number of hydrogen-bond acceptors (Lipinski definition) is 4. The highest BCUT2D eigenvalue weighted by Gasteiger charge is 2.23. The number of carbonyl (C=O) groups is 1. The van der Waals surface area contributed by atoms with Crippen molar-refractivity contribution in [3.05, 3.63) is 71.6 Å². The molecule has 1 amide bonds. The molecule has 1 aromatic heterocycles. The van der Waals surface area contributed by atoms with E-state index in [9.17, 15) is 22.0 Å². The van der Waals surface area contributed by atoms with E-state index in [1.165, 1.54) is 36.0 Å². The molecular formula is C18H15F2N3O3S. The third-order valence-electron chi connectivity index (χ3n) is 3.82. The molecule has 9 heteroatoms. The highest BCUT2D eigenvalue weighted by atomic mass is 32.2. The Labute approximate surface area is 154 Å². The van der Waals surface area contributed by atoms with Crippen LogP contribution in [0.3, 0.4) is 0 Å². The van der Waals surface area contributed by atoms with Crippen LogP contribution in [-0.2, 0) is 17.1 Å². The Kier molecular flexibility index (Phi) is 4.79. The molecule has 0 aliphatic carbocycles. The molecule has 140 valence electrons. The van der Waals surface area contributed by atoms with E-state index in [1.54, 1.807) is 19.1 Å². The van der Waals surface area contributed by atoms with Crippen molar-refractivity contribution < 1.29 is 22.0 Å². The summed E-state index contributed by atoms with van der Waals surface area (Å²) in [7, 11) is -2.67. The zero-order valence-corrected chi connectivity index (χ0v) is 15.2. The molecule has 0 aliphatic rings. The van der Waals surface area contributed by atoms with E-state index in [2.05, 4.69) is 4.98 Å². The SMILES string of the molecule is Cc1cccc(S(=O)(=O)NC(=O)c2cn(C)c(-c3c(F)cccc3F)n2)c1. The maximum absolute atomic E-state index is 14.0. The monoisotopic (exact) mass is 391 g/mol. The van der Waals surface area contributed by atoms with Crippen molar-refractivity contribution in [1.82, 2.24) is 14.3 Å². The van der Waals surface area contributed by atoms with Gasteiger partial charge in [0.1, 0.15) is 23.2 Å². The minimum absolute atomic E-state index is 0.0767. The number of carbonyl (C=O) groups excluding carboxylic acids is 1. The maximum atomic E-state index is 14.0. The number of sulfonamides is 1. The van der Waals surface area contributed by atoms with Crippen LogP contribution < -0.4 is 4.72 Å². The van der Waals surface area contributed by atoms with E-state index in [4.69, 9.17) is 0 Å². The quantitative estimate of drug-likeness (QED) is 0.742. The summed E-state index contributed by atoms with van der Waals surface area (Å²) < 4.78 is 55.8. The van der Waals surface area contributed by atoms with Gasteiger partial charge in [-0.25, -0.2) is 26.9 Å². The number of imidazole rings is 1. The van der Waals surface area contributed by atoms with Crippen molar-refractivity contribution in [3.8, 4) is 11.4 Å². The fraction of sp³-hybridized carbons (Fsp3) is 0.111. The van der Waals surface area contributed by atoms with Crippen LogP contribution in [0.5, 0.6) is 0 Å². The fourth-order valence-corrected chi connectivity index (χ4v) is 3.60. The van der Waals surface area contributed by atoms with E-state index < -0.39 is 33.1 Å². The van der Waals surface area contributed by atoms with E-state index in [1.807, 2.05) is 4.72 Å². The van der Waals surface area contributed by atoms with Crippen LogP contribution in [0.25, 0.3) is 11.4 Å². The van der Waals surface area contributed by atoms with Crippen LogP contribution in [0.1, 0.15) is 16.1 Å². The summed E-state index contributed by atoms with van der Waals surface area (Å²) in [4.78, 5) is 16.2. The molecule has 0 unspecified atom stereocenters. The molecule has 0 fully saturated rings. The molecule has 0 saturated heterocycles. The number of hydrogen-bond donors (Lipinski definition) is 1. The standard InChI is InChI=1S/C18H15F2N3O3S/c1-11-5-3-6-12(9-11)27(25,26)22-18(24)15-10-23(2)17(21-15)16-13(19)7-4-8-14(16)20/h3-10H,1-2H3,(H,22,24). The second-order valence-electron chi connectivity index (χ2n) is 5.91. The molecule has 0 bridgehead atoms. The lowest BCUT2D eigenvalue weighted by atomic mass is 10.2. The van der Waals surface area contributed by atoms with Gasteiger partial charge in [-0.05, 0) is 36.8 Å². The Morgan fingerprint density at radius 3 is 2.37 bits per heavy atom. The van der Waals surface area contributed by atoms with Crippen LogP contribution in [-0.4, -0.2) is 23.9 Å². The third kappa shape index (κ3) is 3.72. The number of amides is 1. The van der Waals surface area contributed by atoms with Gasteiger partial charge in [-0.1, -0.05) is 18.2 Å². The predicted octanol–water partition coefficient (Wildman–Crippen LogP) is 2.79. The minimum Gasteiger partial charge on any atom is -0.333 e. The zero-order valence-electron chi connectivity index (χ0n) is 14.4. The molecule has 3 aromatic rings. The van der Waals surface area contributed by atoms with Gasteiger partial charge in [-0.2, -0.15) is 0 Å². The summed E-state index contributed by atoms with van der Waals surface area (Å²) >= 11 is 0. The van der Waals surface area contributed by atoms with Crippen molar-refractivity contribution in [3.63, 3.8) is 0 Å². The van der Waals surface area contributed by atoms with Crippen LogP contribution in [0.4, 0.5) is 8.78 Å². The van der Waals surface area contributed by atoms with E-state index in [0.717, 1.165) is 12.1 Å². The topological polar surface area (TPSA) is 81.1 Å². The van der Waals surface area contributed by atoms with Gasteiger partial charge in [0.05, 0.1) is 10.5 Å². The molecule has 2 aromatic carbocycles. The van der Waals surface area contributed by atoms with Crippen molar-refractivity contribution in [2.45, 2.75) is 11.8 Å². The zero-order chi connectivity index (χ0) is 19.8. The van der Waals surface area contributed by atoms with E-state index in [-0.39, 0.29) is 16.4 Å². The van der Waals surface area contributed by atoms with Crippen molar-refractivity contribution >= 4 is 15.9 Å². The Morgan fingerprint density at radius 1 is 1.11 bits per heavy atom. The first-order valence-corrected chi connectivity index (χ1v) is 9.29. The third-order valence-corrected chi connectivity index (χ3v) is 5.15. The van der Waals surface area contributed by atoms with Gasteiger partial charge in [0, 0.05) is 13.2 Å². The number of nitrogens with zero attached hydrogens (tertiary/aromatic N) is 2. The molecular weight excluding hydrogens is 376 g/mol. The molecule has 0 atom stereocenters. The average Bonchev–Trinajstić information content (AvgIpc) is 2.96. The normalized spacial score (nSPS) is 11.4. The average molecular weight is 391 g/mol. The lowest BCUT2D eigenvalue weighted by Gasteiger charge is -2.06. The lowest BCUT2D eigenvalue weighted by molar-refractivity contribution is 0.0977. The first-order chi connectivity index (χ1) is 12.7. The first kappa shape index (κ1) is 18.7. The highest BCUT2D eigenvalue weighted by molar-refractivity contribution is 7.90. The number of halogens is 2. The van der Waals surface area contributed by atoms with Gasteiger partial charge in [0.15, 0.2) is 0 Å². The van der Waals surface area contributed by atoms with Crippen LogP contribution >= 0.6 is 0 Å². The summed E-state index contributed by atoms with van der Waals surface area (Å²) in [5.41, 5.74) is 0.0208. The second-order valence-corrected chi connectivity index (χ2v) is 7.59. The molecule has 0 spiro atoms. The molecule has 0 radical (unpaired) electrons. The predicted molar refractivity (Wildman–Crippen MR) is 94.4 cm³/mol. The molecule has 0 aliphatic heterocycles. The molecule has 1 N–H and O–H groups in total. The second kappa shape index (κ2) is 6.92. The molecule has 27 heavy (non-hydrogen) atoms. The minimum atomic E-state index is -4.11. The largest absolute Gasteiger partial charge is 0.333 e. The summed E-state index contributed by atoms with van der Waals surface area (Å²) in [6.45, 7) is 1.72. The Hall–Kier alpha value is -3.07. The maximum Gasteiger partial charge on any atom is 0.285 e. The summed E-state index contributed by atoms with van der Waals surface area (Å²) in [5.74, 6) is -2.83. The van der Waals surface area contributed by atoms with E-state index >= 15 is 0 Å². The van der Waals surface area contributed by atoms with Gasteiger partial charge >= 0.3 is 0 Å². The Morgan fingerprint density at radius 2 is 1.74 bits per heavy atom. The lowest BCUT2D eigenvalue weighted by Crippen LogP contribution is -2.30. The molecule has 6 nitrogen and oxygen atoms in total. The summed E-state index contributed by atoms with van der Waals surface area (Å²) in [5, 5.41) is 0. The number of rotatable bonds is 4. The smallest absolute Gasteiger partial charge is 0.285 e. The van der Waals surface area contributed by atoms with Crippen LogP contribution in [0.15, 0.2) is 53.6 Å². The van der Waals surface area contributed by atoms with E-state index in [0.29, 0.717) is 5.56 Å². The fourth-order valence-electron chi connectivity index (χ4n) is 2.54. The van der Waals surface area contributed by atoms with Gasteiger partial charge < -0.3 is 4.57 Å². The van der Waals surface area contributed by atoms with Crippen molar-refractivity contribution in [2.75, 3.05) is 0 Å². The number of aromatic nitrogens is 2. The summed E-state index contributed by atoms with van der Waals surface area (Å²) in [6, 6.07) is 9.36. The van der Waals surface area contributed by atoms with Gasteiger partial charge in [0.25, 0.3) is 15.9 Å². The number of aryl methyl sites for hydroxylation is 2. The van der Waals surface area contributed by atoms with Gasteiger partial charge in [0.2, 0.25) is 0 Å². The number of nitrogens with one attached hydrogen (secondary N) is 1.